The number of nitrogens with zero attached hydrogens (tertiary/aromatic N) is 4. The summed E-state index contributed by atoms with van der Waals surface area (Å²) >= 11 is 1.49. The number of thioether (sulfide) groups is 1. The molecule has 0 fully saturated rings. The van der Waals surface area contributed by atoms with Crippen molar-refractivity contribution in [3.8, 4) is 6.07 Å². The Labute approximate surface area is 201 Å². The fraction of sp³-hybridized carbons (Fsp3) is 0.269. The van der Waals surface area contributed by atoms with Gasteiger partial charge in [-0.2, -0.15) is 5.26 Å². The van der Waals surface area contributed by atoms with E-state index in [9.17, 15) is 9.65 Å². The topological polar surface area (TPSA) is 75.2 Å². The third-order valence-electron chi connectivity index (χ3n) is 5.95. The number of ether oxygens (including phenoxy) is 1. The van der Waals surface area contributed by atoms with Crippen molar-refractivity contribution in [3.63, 3.8) is 0 Å². The predicted molar refractivity (Wildman–Crippen MR) is 131 cm³/mol. The van der Waals surface area contributed by atoms with E-state index in [4.69, 9.17) is 4.74 Å². The maximum Gasteiger partial charge on any atom is 0.197 e. The SMILES string of the molecule is Cc1ccc(Nc2c(C#N)c3c(c4nnc(SCc5ccc(F)cc5)n24)COC(C)(C)C3)cc1. The molecule has 172 valence electrons. The van der Waals surface area contributed by atoms with Crippen LogP contribution in [0, 0.1) is 24.1 Å². The zero-order chi connectivity index (χ0) is 23.9. The van der Waals surface area contributed by atoms with E-state index in [0.29, 0.717) is 41.0 Å². The maximum absolute atomic E-state index is 13.3. The Hall–Kier alpha value is -3.41. The Bertz CT molecular complexity index is 1400. The van der Waals surface area contributed by atoms with Crippen LogP contribution in [0.4, 0.5) is 15.9 Å². The van der Waals surface area contributed by atoms with Gasteiger partial charge in [0.2, 0.25) is 0 Å². The Morgan fingerprint density at radius 2 is 1.85 bits per heavy atom. The zero-order valence-corrected chi connectivity index (χ0v) is 20.0. The van der Waals surface area contributed by atoms with Crippen molar-refractivity contribution >= 4 is 28.9 Å². The second kappa shape index (κ2) is 8.75. The summed E-state index contributed by atoms with van der Waals surface area (Å²) in [5.74, 6) is 0.969. The lowest BCUT2D eigenvalue weighted by Gasteiger charge is -2.33. The summed E-state index contributed by atoms with van der Waals surface area (Å²) in [6.07, 6.45) is 0.606. The molecule has 0 amide bonds. The van der Waals surface area contributed by atoms with Crippen molar-refractivity contribution in [2.45, 2.75) is 50.3 Å². The predicted octanol–water partition coefficient (Wildman–Crippen LogP) is 5.94. The largest absolute Gasteiger partial charge is 0.370 e. The number of hydrogen-bond donors (Lipinski definition) is 1. The molecule has 5 rings (SSSR count). The van der Waals surface area contributed by atoms with E-state index in [2.05, 4.69) is 21.6 Å². The van der Waals surface area contributed by atoms with Crippen LogP contribution in [0.3, 0.4) is 0 Å². The monoisotopic (exact) mass is 473 g/mol. The minimum absolute atomic E-state index is 0.264. The molecule has 0 unspecified atom stereocenters. The third-order valence-corrected chi connectivity index (χ3v) is 6.95. The molecule has 0 radical (unpaired) electrons. The van der Waals surface area contributed by atoms with Gasteiger partial charge in [-0.1, -0.05) is 41.6 Å². The summed E-state index contributed by atoms with van der Waals surface area (Å²) in [6, 6.07) is 16.9. The van der Waals surface area contributed by atoms with Crippen LogP contribution in [0.25, 0.3) is 5.65 Å². The van der Waals surface area contributed by atoms with Gasteiger partial charge in [-0.15, -0.1) is 10.2 Å². The number of halogens is 1. The number of fused-ring (bicyclic) bond motifs is 3. The quantitative estimate of drug-likeness (QED) is 0.362. The minimum Gasteiger partial charge on any atom is -0.370 e. The smallest absolute Gasteiger partial charge is 0.197 e. The van der Waals surface area contributed by atoms with Gasteiger partial charge in [0.25, 0.3) is 0 Å². The number of nitrogens with one attached hydrogen (secondary N) is 1. The summed E-state index contributed by atoms with van der Waals surface area (Å²) in [5, 5.41) is 23.3. The molecule has 0 spiro atoms. The highest BCUT2D eigenvalue weighted by Crippen LogP contribution is 2.38. The molecule has 0 saturated carbocycles. The van der Waals surface area contributed by atoms with Gasteiger partial charge in [0.05, 0.1) is 17.8 Å². The highest BCUT2D eigenvalue weighted by atomic mass is 32.2. The zero-order valence-electron chi connectivity index (χ0n) is 19.2. The molecular weight excluding hydrogens is 449 g/mol. The van der Waals surface area contributed by atoms with Crippen molar-refractivity contribution in [1.29, 1.82) is 5.26 Å². The van der Waals surface area contributed by atoms with Gasteiger partial charge >= 0.3 is 0 Å². The number of pyridine rings is 1. The Morgan fingerprint density at radius 3 is 2.56 bits per heavy atom. The van der Waals surface area contributed by atoms with Crippen LogP contribution in [0.1, 0.15) is 41.7 Å². The van der Waals surface area contributed by atoms with Crippen molar-refractivity contribution in [3.05, 3.63) is 82.2 Å². The summed E-state index contributed by atoms with van der Waals surface area (Å²) in [7, 11) is 0. The van der Waals surface area contributed by atoms with E-state index in [0.717, 1.165) is 27.9 Å². The van der Waals surface area contributed by atoms with Crippen LogP contribution in [-0.2, 0) is 23.5 Å². The van der Waals surface area contributed by atoms with Gasteiger partial charge in [-0.3, -0.25) is 4.40 Å². The average Bonchev–Trinajstić information content (AvgIpc) is 3.23. The fourth-order valence-electron chi connectivity index (χ4n) is 4.13. The molecule has 2 aromatic heterocycles. The second-order valence-corrected chi connectivity index (χ2v) is 10.0. The molecule has 2 aromatic carbocycles. The summed E-state index contributed by atoms with van der Waals surface area (Å²) in [4.78, 5) is 0. The molecule has 1 aliphatic heterocycles. The molecule has 0 bridgehead atoms. The van der Waals surface area contributed by atoms with Gasteiger partial charge in [0, 0.05) is 23.4 Å². The van der Waals surface area contributed by atoms with Crippen molar-refractivity contribution in [2.75, 3.05) is 5.32 Å². The van der Waals surface area contributed by atoms with Gasteiger partial charge in [0.1, 0.15) is 17.7 Å². The highest BCUT2D eigenvalue weighted by Gasteiger charge is 2.33. The van der Waals surface area contributed by atoms with Crippen LogP contribution in [0.2, 0.25) is 0 Å². The first-order valence-electron chi connectivity index (χ1n) is 11.0. The van der Waals surface area contributed by atoms with Crippen LogP contribution >= 0.6 is 11.8 Å². The molecule has 8 heteroatoms. The molecule has 1 aliphatic rings. The van der Waals surface area contributed by atoms with Crippen molar-refractivity contribution in [1.82, 2.24) is 14.6 Å². The van der Waals surface area contributed by atoms with Crippen LogP contribution in [0.5, 0.6) is 0 Å². The lowest BCUT2D eigenvalue weighted by atomic mass is 9.89. The van der Waals surface area contributed by atoms with Crippen LogP contribution in [0.15, 0.2) is 53.7 Å². The number of anilines is 2. The molecule has 6 nitrogen and oxygen atoms in total. The first-order chi connectivity index (χ1) is 16.3. The Kier molecular flexibility index (Phi) is 5.76. The second-order valence-electron chi connectivity index (χ2n) is 9.07. The van der Waals surface area contributed by atoms with Crippen LogP contribution in [-0.4, -0.2) is 20.2 Å². The van der Waals surface area contributed by atoms with E-state index in [1.165, 1.54) is 23.9 Å². The molecule has 0 aliphatic carbocycles. The Morgan fingerprint density at radius 1 is 1.12 bits per heavy atom. The maximum atomic E-state index is 13.3. The van der Waals surface area contributed by atoms with Gasteiger partial charge in [0.15, 0.2) is 10.8 Å². The molecule has 0 atom stereocenters. The summed E-state index contributed by atoms with van der Waals surface area (Å²) in [5.41, 5.74) is 5.72. The van der Waals surface area contributed by atoms with E-state index in [-0.39, 0.29) is 11.4 Å². The number of hydrogen-bond acceptors (Lipinski definition) is 6. The van der Waals surface area contributed by atoms with Crippen molar-refractivity contribution < 1.29 is 9.13 Å². The molecule has 1 N–H and O–H groups in total. The molecule has 34 heavy (non-hydrogen) atoms. The molecule has 0 saturated heterocycles. The number of aryl methyl sites for hydroxylation is 1. The number of aromatic nitrogens is 3. The van der Waals surface area contributed by atoms with Gasteiger partial charge < -0.3 is 10.1 Å². The third kappa shape index (κ3) is 4.25. The number of rotatable bonds is 5. The minimum atomic E-state index is -0.377. The van der Waals surface area contributed by atoms with E-state index >= 15 is 0 Å². The molecule has 4 aromatic rings. The number of benzene rings is 2. The van der Waals surface area contributed by atoms with E-state index in [1.807, 2.05) is 49.4 Å². The lowest BCUT2D eigenvalue weighted by Crippen LogP contribution is -2.33. The van der Waals surface area contributed by atoms with Gasteiger partial charge in [-0.25, -0.2) is 4.39 Å². The highest BCUT2D eigenvalue weighted by molar-refractivity contribution is 7.98. The first-order valence-corrected chi connectivity index (χ1v) is 12.0. The fourth-order valence-corrected chi connectivity index (χ4v) is 5.03. The summed E-state index contributed by atoms with van der Waals surface area (Å²) in [6.45, 7) is 6.46. The molecule has 3 heterocycles. The normalized spacial score (nSPS) is 14.6. The van der Waals surface area contributed by atoms with Crippen LogP contribution < -0.4 is 5.32 Å². The van der Waals surface area contributed by atoms with E-state index < -0.39 is 0 Å². The molecular formula is C26H24FN5OS. The number of nitriles is 1. The van der Waals surface area contributed by atoms with Crippen molar-refractivity contribution in [2.24, 2.45) is 0 Å². The standard InChI is InChI=1S/C26H24FN5OS/c1-16-4-10-19(11-5-16)29-23-21(13-28)20-12-26(2,3)33-14-22(20)24-30-31-25(32(23)24)34-15-17-6-8-18(27)9-7-17/h4-11,29H,12,14-15H2,1-3H3. The Balaban J connectivity index is 1.65. The average molecular weight is 474 g/mol. The van der Waals surface area contributed by atoms with Gasteiger partial charge in [-0.05, 0) is 56.2 Å². The first kappa shape index (κ1) is 22.4. The van der Waals surface area contributed by atoms with E-state index in [1.54, 1.807) is 12.1 Å². The lowest BCUT2D eigenvalue weighted by molar-refractivity contribution is -0.0397. The summed E-state index contributed by atoms with van der Waals surface area (Å²) < 4.78 is 21.3.